The van der Waals surface area contributed by atoms with Crippen LogP contribution in [0.4, 0.5) is 0 Å². The third kappa shape index (κ3) is 2.68. The van der Waals surface area contributed by atoms with Gasteiger partial charge in [-0.25, -0.2) is 4.98 Å². The Labute approximate surface area is 123 Å². The maximum absolute atomic E-state index is 12.1. The summed E-state index contributed by atoms with van der Waals surface area (Å²) >= 11 is 1.37. The fraction of sp³-hybridized carbons (Fsp3) is 0.143. The molecule has 2 aromatic heterocycles. The maximum Gasteiger partial charge on any atom is 0.269 e. The molecule has 0 unspecified atom stereocenters. The average molecular weight is 300 g/mol. The third-order valence-electron chi connectivity index (χ3n) is 3.03. The quantitative estimate of drug-likeness (QED) is 0.707. The van der Waals surface area contributed by atoms with E-state index in [0.29, 0.717) is 15.8 Å². The molecule has 3 aromatic rings. The van der Waals surface area contributed by atoms with E-state index in [1.807, 2.05) is 24.7 Å². The van der Waals surface area contributed by atoms with Crippen LogP contribution in [-0.2, 0) is 18.4 Å². The van der Waals surface area contributed by atoms with Crippen LogP contribution in [0.15, 0.2) is 51.8 Å². The summed E-state index contributed by atoms with van der Waals surface area (Å²) in [6.07, 6.45) is 3.05. The third-order valence-corrected chi connectivity index (χ3v) is 3.87. The molecule has 2 heterocycles. The van der Waals surface area contributed by atoms with Gasteiger partial charge in [0, 0.05) is 18.6 Å². The summed E-state index contributed by atoms with van der Waals surface area (Å²) in [6, 6.07) is 7.21. The number of amides is 1. The first-order chi connectivity index (χ1) is 10.1. The van der Waals surface area contributed by atoms with Gasteiger partial charge >= 0.3 is 0 Å². The van der Waals surface area contributed by atoms with Crippen LogP contribution in [0.5, 0.6) is 0 Å². The number of fused-ring (bicyclic) bond motifs is 1. The highest BCUT2D eigenvalue weighted by molar-refractivity contribution is 7.07. The van der Waals surface area contributed by atoms with Crippen LogP contribution >= 0.6 is 11.3 Å². The molecule has 3 rings (SSSR count). The van der Waals surface area contributed by atoms with Crippen molar-refractivity contribution in [2.24, 2.45) is 12.0 Å². The molecule has 21 heavy (non-hydrogen) atoms. The molecule has 7 heteroatoms. The minimum Gasteiger partial charge on any atom is -0.327 e. The zero-order chi connectivity index (χ0) is 14.8. The van der Waals surface area contributed by atoms with E-state index in [4.69, 9.17) is 0 Å². The monoisotopic (exact) mass is 300 g/mol. The van der Waals surface area contributed by atoms with Crippen molar-refractivity contribution in [3.8, 4) is 0 Å². The van der Waals surface area contributed by atoms with Gasteiger partial charge in [-0.15, -0.1) is 11.3 Å². The zero-order valence-electron chi connectivity index (χ0n) is 11.3. The largest absolute Gasteiger partial charge is 0.327 e. The molecule has 0 atom stereocenters. The highest BCUT2D eigenvalue weighted by Crippen LogP contribution is 2.08. The summed E-state index contributed by atoms with van der Waals surface area (Å²) in [4.78, 5) is 32.7. The van der Waals surface area contributed by atoms with Crippen molar-refractivity contribution in [3.63, 3.8) is 0 Å². The number of rotatable bonds is 2. The van der Waals surface area contributed by atoms with Gasteiger partial charge in [0.25, 0.3) is 11.5 Å². The summed E-state index contributed by atoms with van der Waals surface area (Å²) < 4.78 is 3.15. The Balaban J connectivity index is 2.03. The number of para-hydroxylation sites is 2. The Morgan fingerprint density at radius 2 is 2.19 bits per heavy atom. The van der Waals surface area contributed by atoms with E-state index in [1.54, 1.807) is 22.8 Å². The van der Waals surface area contributed by atoms with E-state index >= 15 is 0 Å². The molecule has 0 saturated heterocycles. The average Bonchev–Trinajstić information content (AvgIpc) is 2.87. The Bertz CT molecular complexity index is 936. The predicted octanol–water partition coefficient (Wildman–Crippen LogP) is 0.924. The molecule has 106 valence electrons. The number of aryl methyl sites for hydroxylation is 1. The molecule has 0 saturated carbocycles. The highest BCUT2D eigenvalue weighted by Gasteiger charge is 2.08. The van der Waals surface area contributed by atoms with E-state index in [-0.39, 0.29) is 18.0 Å². The van der Waals surface area contributed by atoms with E-state index in [0.717, 1.165) is 0 Å². The molecule has 0 bridgehead atoms. The Morgan fingerprint density at radius 1 is 1.38 bits per heavy atom. The summed E-state index contributed by atoms with van der Waals surface area (Å²) in [5.74, 6) is -0.369. The SMILES string of the molecule is Cn1ccsc1=NC(=O)Cn1c(=O)cnc2ccccc21. The molecule has 0 fully saturated rings. The van der Waals surface area contributed by atoms with Gasteiger partial charge in [-0.1, -0.05) is 12.1 Å². The van der Waals surface area contributed by atoms with Gasteiger partial charge in [-0.05, 0) is 12.1 Å². The number of carbonyl (C=O) groups excluding carboxylic acids is 1. The fourth-order valence-electron chi connectivity index (χ4n) is 1.99. The first-order valence-corrected chi connectivity index (χ1v) is 7.15. The van der Waals surface area contributed by atoms with Crippen molar-refractivity contribution < 1.29 is 4.79 Å². The molecular weight excluding hydrogens is 288 g/mol. The molecule has 0 spiro atoms. The number of nitrogens with zero attached hydrogens (tertiary/aromatic N) is 4. The molecule has 0 aliphatic heterocycles. The lowest BCUT2D eigenvalue weighted by Crippen LogP contribution is -2.25. The van der Waals surface area contributed by atoms with E-state index in [9.17, 15) is 9.59 Å². The van der Waals surface area contributed by atoms with Gasteiger partial charge in [-0.2, -0.15) is 4.99 Å². The number of aromatic nitrogens is 3. The first-order valence-electron chi connectivity index (χ1n) is 6.27. The van der Waals surface area contributed by atoms with E-state index in [2.05, 4.69) is 9.98 Å². The van der Waals surface area contributed by atoms with Crippen LogP contribution < -0.4 is 10.4 Å². The van der Waals surface area contributed by atoms with Gasteiger partial charge in [-0.3, -0.25) is 14.2 Å². The second-order valence-corrected chi connectivity index (χ2v) is 5.35. The Hall–Kier alpha value is -2.54. The van der Waals surface area contributed by atoms with Gasteiger partial charge in [0.2, 0.25) is 0 Å². The van der Waals surface area contributed by atoms with Crippen molar-refractivity contribution in [2.75, 3.05) is 0 Å². The Kier molecular flexibility index (Phi) is 3.49. The predicted molar refractivity (Wildman–Crippen MR) is 79.9 cm³/mol. The van der Waals surface area contributed by atoms with Crippen LogP contribution in [0.25, 0.3) is 11.0 Å². The Morgan fingerprint density at radius 3 is 2.95 bits per heavy atom. The van der Waals surface area contributed by atoms with Crippen molar-refractivity contribution >= 4 is 28.3 Å². The van der Waals surface area contributed by atoms with Crippen LogP contribution in [0, 0.1) is 0 Å². The number of carbonyl (C=O) groups is 1. The van der Waals surface area contributed by atoms with Gasteiger partial charge < -0.3 is 4.57 Å². The van der Waals surface area contributed by atoms with Gasteiger partial charge in [0.15, 0.2) is 4.80 Å². The lowest BCUT2D eigenvalue weighted by atomic mass is 10.3. The second kappa shape index (κ2) is 5.45. The molecule has 0 N–H and O–H groups in total. The number of hydrogen-bond acceptors (Lipinski definition) is 4. The summed E-state index contributed by atoms with van der Waals surface area (Å²) in [6.45, 7) is -0.0975. The topological polar surface area (TPSA) is 69.2 Å². The van der Waals surface area contributed by atoms with Crippen LogP contribution in [-0.4, -0.2) is 20.0 Å². The molecule has 1 aromatic carbocycles. The minimum atomic E-state index is -0.369. The first kappa shape index (κ1) is 13.4. The molecule has 6 nitrogen and oxygen atoms in total. The van der Waals surface area contributed by atoms with Crippen molar-refractivity contribution in [2.45, 2.75) is 6.54 Å². The van der Waals surface area contributed by atoms with Crippen LogP contribution in [0.3, 0.4) is 0 Å². The van der Waals surface area contributed by atoms with Crippen molar-refractivity contribution in [3.05, 3.63) is 57.2 Å². The normalized spacial score (nSPS) is 12.0. The molecular formula is C14H12N4O2S. The molecule has 0 aliphatic rings. The molecule has 1 amide bonds. The van der Waals surface area contributed by atoms with Crippen LogP contribution in [0.2, 0.25) is 0 Å². The number of benzene rings is 1. The number of thiazole rings is 1. The summed E-state index contributed by atoms with van der Waals surface area (Å²) in [5, 5.41) is 1.85. The lowest BCUT2D eigenvalue weighted by molar-refractivity contribution is -0.118. The van der Waals surface area contributed by atoms with E-state index in [1.165, 1.54) is 22.1 Å². The maximum atomic E-state index is 12.1. The zero-order valence-corrected chi connectivity index (χ0v) is 12.1. The highest BCUT2D eigenvalue weighted by atomic mass is 32.1. The molecule has 0 aliphatic carbocycles. The molecule has 0 radical (unpaired) electrons. The van der Waals surface area contributed by atoms with Crippen molar-refractivity contribution in [1.29, 1.82) is 0 Å². The van der Waals surface area contributed by atoms with Gasteiger partial charge in [0.05, 0.1) is 17.2 Å². The summed E-state index contributed by atoms with van der Waals surface area (Å²) in [7, 11) is 1.82. The minimum absolute atomic E-state index is 0.0975. The van der Waals surface area contributed by atoms with Crippen molar-refractivity contribution in [1.82, 2.24) is 14.1 Å². The second-order valence-electron chi connectivity index (χ2n) is 4.47. The lowest BCUT2D eigenvalue weighted by Gasteiger charge is -2.06. The fourth-order valence-corrected chi connectivity index (χ4v) is 2.74. The van der Waals surface area contributed by atoms with E-state index < -0.39 is 0 Å². The van der Waals surface area contributed by atoms with Gasteiger partial charge in [0.1, 0.15) is 6.54 Å². The number of hydrogen-bond donors (Lipinski definition) is 0. The smallest absolute Gasteiger partial charge is 0.269 e. The van der Waals surface area contributed by atoms with Crippen LogP contribution in [0.1, 0.15) is 0 Å². The standard InChI is InChI=1S/C14H12N4O2S/c1-17-6-7-21-14(17)16-12(19)9-18-11-5-3-2-4-10(11)15-8-13(18)20/h2-8H,9H2,1H3. The summed E-state index contributed by atoms with van der Waals surface area (Å²) in [5.41, 5.74) is 0.989.